The highest BCUT2D eigenvalue weighted by atomic mass is 32.1. The van der Waals surface area contributed by atoms with Crippen molar-refractivity contribution in [2.24, 2.45) is 0 Å². The smallest absolute Gasteiger partial charge is 0.355 e. The van der Waals surface area contributed by atoms with E-state index >= 15 is 0 Å². The molecule has 2 rings (SSSR count). The fraction of sp³-hybridized carbons (Fsp3) is 0.231. The maximum atomic E-state index is 10.7. The van der Waals surface area contributed by atoms with Crippen molar-refractivity contribution in [2.75, 3.05) is 19.5 Å². The Balaban J connectivity index is 2.04. The fourth-order valence-corrected chi connectivity index (χ4v) is 2.30. The molecular formula is C13H14N2O4S. The van der Waals surface area contributed by atoms with Crippen molar-refractivity contribution < 1.29 is 19.4 Å². The molecule has 0 saturated heterocycles. The molecule has 0 amide bonds. The van der Waals surface area contributed by atoms with E-state index in [2.05, 4.69) is 10.3 Å². The minimum atomic E-state index is -1.03. The molecule has 1 aromatic heterocycles. The van der Waals surface area contributed by atoms with Crippen LogP contribution in [0.25, 0.3) is 0 Å². The van der Waals surface area contributed by atoms with Crippen molar-refractivity contribution in [1.82, 2.24) is 4.98 Å². The number of nitrogens with zero attached hydrogens (tertiary/aromatic N) is 1. The standard InChI is InChI=1S/C13H14N2O4S/c1-18-10-4-3-8(5-11(10)19-2)6-14-13-15-9(7-20-13)12(16)17/h3-5,7H,6H2,1-2H3,(H,14,15)(H,16,17). The summed E-state index contributed by atoms with van der Waals surface area (Å²) >= 11 is 1.26. The Morgan fingerprint density at radius 3 is 2.70 bits per heavy atom. The third-order valence-corrected chi connectivity index (χ3v) is 3.41. The number of hydrogen-bond acceptors (Lipinski definition) is 6. The lowest BCUT2D eigenvalue weighted by Gasteiger charge is -2.09. The topological polar surface area (TPSA) is 80.7 Å². The van der Waals surface area contributed by atoms with Gasteiger partial charge in [0.15, 0.2) is 22.3 Å². The molecule has 0 atom stereocenters. The summed E-state index contributed by atoms with van der Waals surface area (Å²) in [7, 11) is 3.16. The largest absolute Gasteiger partial charge is 0.493 e. The third-order valence-electron chi connectivity index (χ3n) is 2.61. The number of benzene rings is 1. The van der Waals surface area contributed by atoms with Gasteiger partial charge < -0.3 is 19.9 Å². The molecule has 0 spiro atoms. The fourth-order valence-electron chi connectivity index (χ4n) is 1.62. The van der Waals surface area contributed by atoms with Gasteiger partial charge in [-0.15, -0.1) is 11.3 Å². The monoisotopic (exact) mass is 294 g/mol. The highest BCUT2D eigenvalue weighted by molar-refractivity contribution is 7.13. The van der Waals surface area contributed by atoms with Gasteiger partial charge in [-0.05, 0) is 17.7 Å². The van der Waals surface area contributed by atoms with Gasteiger partial charge in [0.1, 0.15) is 0 Å². The Hall–Kier alpha value is -2.28. The summed E-state index contributed by atoms with van der Waals surface area (Å²) in [5, 5.41) is 13.9. The second-order valence-corrected chi connectivity index (χ2v) is 4.74. The average molecular weight is 294 g/mol. The van der Waals surface area contributed by atoms with Gasteiger partial charge in [0.2, 0.25) is 0 Å². The summed E-state index contributed by atoms with van der Waals surface area (Å²) < 4.78 is 10.4. The molecule has 0 aliphatic carbocycles. The molecule has 2 N–H and O–H groups in total. The first kappa shape index (κ1) is 14.1. The summed E-state index contributed by atoms with van der Waals surface area (Å²) in [6, 6.07) is 5.58. The van der Waals surface area contributed by atoms with Crippen molar-refractivity contribution in [3.05, 3.63) is 34.8 Å². The zero-order valence-corrected chi connectivity index (χ0v) is 11.9. The summed E-state index contributed by atoms with van der Waals surface area (Å²) in [5.74, 6) is 0.288. The minimum Gasteiger partial charge on any atom is -0.493 e. The molecule has 0 aliphatic heterocycles. The number of rotatable bonds is 6. The van der Waals surface area contributed by atoms with Crippen LogP contribution in [0, 0.1) is 0 Å². The first-order valence-corrected chi connectivity index (χ1v) is 6.65. The minimum absolute atomic E-state index is 0.0461. The van der Waals surface area contributed by atoms with Crippen LogP contribution in [-0.2, 0) is 6.54 Å². The number of aromatic nitrogens is 1. The van der Waals surface area contributed by atoms with E-state index in [4.69, 9.17) is 14.6 Å². The molecule has 0 unspecified atom stereocenters. The van der Waals surface area contributed by atoms with Crippen LogP contribution in [0.1, 0.15) is 16.1 Å². The number of carbonyl (C=O) groups is 1. The van der Waals surface area contributed by atoms with Crippen molar-refractivity contribution in [1.29, 1.82) is 0 Å². The molecule has 7 heteroatoms. The number of carboxylic acids is 1. The van der Waals surface area contributed by atoms with Gasteiger partial charge in [-0.2, -0.15) is 0 Å². The summed E-state index contributed by atoms with van der Waals surface area (Å²) in [5.41, 5.74) is 1.03. The van der Waals surface area contributed by atoms with E-state index in [0.29, 0.717) is 23.2 Å². The van der Waals surface area contributed by atoms with Gasteiger partial charge in [0, 0.05) is 11.9 Å². The molecule has 0 fully saturated rings. The first-order chi connectivity index (χ1) is 9.63. The van der Waals surface area contributed by atoms with Crippen LogP contribution in [0.15, 0.2) is 23.6 Å². The predicted octanol–water partition coefficient (Wildman–Crippen LogP) is 2.47. The number of anilines is 1. The van der Waals surface area contributed by atoms with Crippen molar-refractivity contribution in [3.63, 3.8) is 0 Å². The van der Waals surface area contributed by atoms with E-state index in [9.17, 15) is 4.79 Å². The SMILES string of the molecule is COc1ccc(CNc2nc(C(=O)O)cs2)cc1OC. The first-order valence-electron chi connectivity index (χ1n) is 5.77. The molecular weight excluding hydrogens is 280 g/mol. The van der Waals surface area contributed by atoms with E-state index in [0.717, 1.165) is 5.56 Å². The summed E-state index contributed by atoms with van der Waals surface area (Å²) in [6.07, 6.45) is 0. The number of methoxy groups -OCH3 is 2. The Labute approximate surface area is 120 Å². The quantitative estimate of drug-likeness (QED) is 0.852. The van der Waals surface area contributed by atoms with Gasteiger partial charge in [0.25, 0.3) is 0 Å². The number of hydrogen-bond donors (Lipinski definition) is 2. The van der Waals surface area contributed by atoms with Crippen molar-refractivity contribution >= 4 is 22.4 Å². The lowest BCUT2D eigenvalue weighted by Crippen LogP contribution is -2.01. The number of ether oxygens (including phenoxy) is 2. The molecule has 0 saturated carbocycles. The molecule has 1 heterocycles. The van der Waals surface area contributed by atoms with E-state index < -0.39 is 5.97 Å². The number of thiazole rings is 1. The zero-order valence-electron chi connectivity index (χ0n) is 11.0. The third kappa shape index (κ3) is 3.18. The second-order valence-electron chi connectivity index (χ2n) is 3.89. The van der Waals surface area contributed by atoms with Gasteiger partial charge >= 0.3 is 5.97 Å². The molecule has 0 radical (unpaired) electrons. The van der Waals surface area contributed by atoms with Gasteiger partial charge in [-0.25, -0.2) is 9.78 Å². The van der Waals surface area contributed by atoms with Crippen molar-refractivity contribution in [2.45, 2.75) is 6.54 Å². The van der Waals surface area contributed by atoms with Crippen LogP contribution in [0.4, 0.5) is 5.13 Å². The Morgan fingerprint density at radius 2 is 2.10 bits per heavy atom. The normalized spacial score (nSPS) is 10.1. The molecule has 20 heavy (non-hydrogen) atoms. The predicted molar refractivity (Wildman–Crippen MR) is 75.9 cm³/mol. The zero-order chi connectivity index (χ0) is 14.5. The Kier molecular flexibility index (Phi) is 4.41. The lowest BCUT2D eigenvalue weighted by molar-refractivity contribution is 0.0691. The molecule has 106 valence electrons. The Bertz CT molecular complexity index is 612. The Morgan fingerprint density at radius 1 is 1.35 bits per heavy atom. The van der Waals surface area contributed by atoms with E-state index in [1.54, 1.807) is 14.2 Å². The maximum Gasteiger partial charge on any atom is 0.355 e. The van der Waals surface area contributed by atoms with Crippen molar-refractivity contribution in [3.8, 4) is 11.5 Å². The number of nitrogens with one attached hydrogen (secondary N) is 1. The van der Waals surface area contributed by atoms with E-state index in [1.165, 1.54) is 16.7 Å². The van der Waals surface area contributed by atoms with Gasteiger partial charge in [-0.3, -0.25) is 0 Å². The lowest BCUT2D eigenvalue weighted by atomic mass is 10.2. The van der Waals surface area contributed by atoms with Crippen LogP contribution < -0.4 is 14.8 Å². The maximum absolute atomic E-state index is 10.7. The number of carboxylic acid groups (broad SMARTS) is 1. The summed E-state index contributed by atoms with van der Waals surface area (Å²) in [4.78, 5) is 14.7. The molecule has 1 aromatic carbocycles. The highest BCUT2D eigenvalue weighted by Crippen LogP contribution is 2.28. The summed E-state index contributed by atoms with van der Waals surface area (Å²) in [6.45, 7) is 0.521. The van der Waals surface area contributed by atoms with Gasteiger partial charge in [0.05, 0.1) is 14.2 Å². The van der Waals surface area contributed by atoms with Crippen LogP contribution in [0.3, 0.4) is 0 Å². The van der Waals surface area contributed by atoms with Gasteiger partial charge in [-0.1, -0.05) is 6.07 Å². The molecule has 0 bridgehead atoms. The van der Waals surface area contributed by atoms with Crippen LogP contribution in [-0.4, -0.2) is 30.3 Å². The number of aromatic carboxylic acids is 1. The van der Waals surface area contributed by atoms with E-state index in [-0.39, 0.29) is 5.69 Å². The van der Waals surface area contributed by atoms with Crippen LogP contribution in [0.2, 0.25) is 0 Å². The molecule has 0 aliphatic rings. The van der Waals surface area contributed by atoms with Crippen LogP contribution in [0.5, 0.6) is 11.5 Å². The molecule has 2 aromatic rings. The van der Waals surface area contributed by atoms with Crippen LogP contribution >= 0.6 is 11.3 Å². The molecule has 6 nitrogen and oxygen atoms in total. The van der Waals surface area contributed by atoms with E-state index in [1.807, 2.05) is 18.2 Å². The second kappa shape index (κ2) is 6.25. The highest BCUT2D eigenvalue weighted by Gasteiger charge is 2.09. The average Bonchev–Trinajstić information content (AvgIpc) is 2.94.